The fourth-order valence-corrected chi connectivity index (χ4v) is 2.80. The maximum absolute atomic E-state index is 12.5. The number of hydrogen-bond donors (Lipinski definition) is 0. The van der Waals surface area contributed by atoms with Gasteiger partial charge in [0.05, 0.1) is 6.61 Å². The molecule has 1 heterocycles. The molecule has 0 N–H and O–H groups in total. The molecule has 0 aliphatic carbocycles. The third kappa shape index (κ3) is 3.15. The number of likely N-dealkylation sites (tertiary alicyclic amines) is 1. The van der Waals surface area contributed by atoms with Gasteiger partial charge in [0.25, 0.3) is 5.91 Å². The van der Waals surface area contributed by atoms with Crippen LogP contribution >= 0.6 is 11.8 Å². The minimum Gasteiger partial charge on any atom is -0.464 e. The van der Waals surface area contributed by atoms with Crippen LogP contribution in [0.2, 0.25) is 0 Å². The molecule has 1 fully saturated rings. The minimum atomic E-state index is -0.428. The van der Waals surface area contributed by atoms with Crippen molar-refractivity contribution in [3.63, 3.8) is 0 Å². The topological polar surface area (TPSA) is 46.6 Å². The molecule has 1 aromatic carbocycles. The summed E-state index contributed by atoms with van der Waals surface area (Å²) in [6.45, 7) is 2.74. The lowest BCUT2D eigenvalue weighted by atomic mass is 10.1. The quantitative estimate of drug-likeness (QED) is 0.632. The van der Waals surface area contributed by atoms with Crippen LogP contribution in [0.1, 0.15) is 30.1 Å². The van der Waals surface area contributed by atoms with Gasteiger partial charge in [0.15, 0.2) is 0 Å². The molecule has 0 radical (unpaired) electrons. The smallest absolute Gasteiger partial charge is 0.328 e. The van der Waals surface area contributed by atoms with Crippen molar-refractivity contribution in [2.75, 3.05) is 19.4 Å². The monoisotopic (exact) mass is 293 g/mol. The van der Waals surface area contributed by atoms with Crippen LogP contribution in [0.25, 0.3) is 0 Å². The predicted octanol–water partition coefficient (Wildman–Crippen LogP) is 2.58. The van der Waals surface area contributed by atoms with Crippen molar-refractivity contribution < 1.29 is 14.3 Å². The Morgan fingerprint density at radius 2 is 2.05 bits per heavy atom. The second-order valence-electron chi connectivity index (χ2n) is 4.64. The van der Waals surface area contributed by atoms with Crippen LogP contribution in [-0.4, -0.2) is 42.2 Å². The van der Waals surface area contributed by atoms with E-state index in [1.54, 1.807) is 23.6 Å². The molecule has 0 bridgehead atoms. The molecular weight excluding hydrogens is 274 g/mol. The summed E-state index contributed by atoms with van der Waals surface area (Å²) < 4.78 is 5.04. The lowest BCUT2D eigenvalue weighted by Gasteiger charge is -2.23. The molecule has 20 heavy (non-hydrogen) atoms. The fourth-order valence-electron chi connectivity index (χ4n) is 2.39. The number of thioether (sulfide) groups is 1. The molecule has 4 nitrogen and oxygen atoms in total. The van der Waals surface area contributed by atoms with Crippen LogP contribution in [0.4, 0.5) is 0 Å². The van der Waals surface area contributed by atoms with Crippen molar-refractivity contribution in [3.8, 4) is 0 Å². The SMILES string of the molecule is CCOC(=O)C1CCCN1C(=O)c1ccc(SC)cc1. The Kier molecular flexibility index (Phi) is 5.06. The lowest BCUT2D eigenvalue weighted by molar-refractivity contribution is -0.147. The summed E-state index contributed by atoms with van der Waals surface area (Å²) in [5, 5.41) is 0. The molecule has 0 spiro atoms. The van der Waals surface area contributed by atoms with E-state index >= 15 is 0 Å². The zero-order valence-corrected chi connectivity index (χ0v) is 12.6. The summed E-state index contributed by atoms with van der Waals surface area (Å²) in [5.41, 5.74) is 0.624. The van der Waals surface area contributed by atoms with E-state index in [-0.39, 0.29) is 11.9 Å². The Balaban J connectivity index is 2.12. The molecule has 1 atom stereocenters. The van der Waals surface area contributed by atoms with E-state index in [0.29, 0.717) is 25.1 Å². The summed E-state index contributed by atoms with van der Waals surface area (Å²) in [4.78, 5) is 27.1. The highest BCUT2D eigenvalue weighted by Crippen LogP contribution is 2.22. The molecule has 1 aliphatic heterocycles. The van der Waals surface area contributed by atoms with Gasteiger partial charge in [-0.3, -0.25) is 4.79 Å². The summed E-state index contributed by atoms with van der Waals surface area (Å²) in [7, 11) is 0. The van der Waals surface area contributed by atoms with Gasteiger partial charge in [-0.05, 0) is 50.3 Å². The number of amides is 1. The second kappa shape index (κ2) is 6.79. The maximum Gasteiger partial charge on any atom is 0.328 e. The van der Waals surface area contributed by atoms with Gasteiger partial charge in [-0.2, -0.15) is 0 Å². The zero-order valence-electron chi connectivity index (χ0n) is 11.8. The van der Waals surface area contributed by atoms with Gasteiger partial charge < -0.3 is 9.64 Å². The average Bonchev–Trinajstić information content (AvgIpc) is 2.96. The molecule has 1 unspecified atom stereocenters. The number of carbonyl (C=O) groups excluding carboxylic acids is 2. The largest absolute Gasteiger partial charge is 0.464 e. The van der Waals surface area contributed by atoms with Gasteiger partial charge in [-0.25, -0.2) is 4.79 Å². The van der Waals surface area contributed by atoms with Gasteiger partial charge in [0.2, 0.25) is 0 Å². The molecule has 0 aromatic heterocycles. The maximum atomic E-state index is 12.5. The van der Waals surface area contributed by atoms with Crippen LogP contribution in [0, 0.1) is 0 Å². The standard InChI is InChI=1S/C15H19NO3S/c1-3-19-15(18)13-5-4-10-16(13)14(17)11-6-8-12(20-2)9-7-11/h6-9,13H,3-5,10H2,1-2H3. The molecule has 1 amide bonds. The third-order valence-electron chi connectivity index (χ3n) is 3.41. The minimum absolute atomic E-state index is 0.0896. The predicted molar refractivity (Wildman–Crippen MR) is 78.9 cm³/mol. The van der Waals surface area contributed by atoms with E-state index in [4.69, 9.17) is 4.74 Å². The van der Waals surface area contributed by atoms with E-state index in [0.717, 1.165) is 11.3 Å². The van der Waals surface area contributed by atoms with Crippen LogP contribution in [0.5, 0.6) is 0 Å². The summed E-state index contributed by atoms with van der Waals surface area (Å²) >= 11 is 1.63. The van der Waals surface area contributed by atoms with Gasteiger partial charge in [0.1, 0.15) is 6.04 Å². The Morgan fingerprint density at radius 1 is 1.35 bits per heavy atom. The van der Waals surface area contributed by atoms with Gasteiger partial charge in [-0.15, -0.1) is 11.8 Å². The molecule has 0 saturated carbocycles. The number of nitrogens with zero attached hydrogens (tertiary/aromatic N) is 1. The highest BCUT2D eigenvalue weighted by atomic mass is 32.2. The van der Waals surface area contributed by atoms with Crippen molar-refractivity contribution in [2.45, 2.75) is 30.7 Å². The Hall–Kier alpha value is -1.49. The Labute approximate surface area is 123 Å². The number of ether oxygens (including phenoxy) is 1. The second-order valence-corrected chi connectivity index (χ2v) is 5.52. The van der Waals surface area contributed by atoms with E-state index in [1.165, 1.54) is 0 Å². The van der Waals surface area contributed by atoms with Crippen LogP contribution < -0.4 is 0 Å². The number of rotatable bonds is 4. The Morgan fingerprint density at radius 3 is 2.65 bits per heavy atom. The number of carbonyl (C=O) groups is 2. The molecule has 1 saturated heterocycles. The van der Waals surface area contributed by atoms with Gasteiger partial charge in [-0.1, -0.05) is 0 Å². The van der Waals surface area contributed by atoms with Crippen LogP contribution in [-0.2, 0) is 9.53 Å². The molecule has 108 valence electrons. The average molecular weight is 293 g/mol. The Bertz CT molecular complexity index is 486. The van der Waals surface area contributed by atoms with E-state index < -0.39 is 6.04 Å². The van der Waals surface area contributed by atoms with Gasteiger partial charge >= 0.3 is 5.97 Å². The van der Waals surface area contributed by atoms with Crippen molar-refractivity contribution >= 4 is 23.6 Å². The highest BCUT2D eigenvalue weighted by Gasteiger charge is 2.35. The summed E-state index contributed by atoms with van der Waals surface area (Å²) in [6.07, 6.45) is 3.53. The number of hydrogen-bond acceptors (Lipinski definition) is 4. The van der Waals surface area contributed by atoms with Crippen molar-refractivity contribution in [1.29, 1.82) is 0 Å². The zero-order chi connectivity index (χ0) is 14.5. The van der Waals surface area contributed by atoms with E-state index in [2.05, 4.69) is 0 Å². The van der Waals surface area contributed by atoms with Gasteiger partial charge in [0, 0.05) is 17.0 Å². The molecule has 5 heteroatoms. The molecular formula is C15H19NO3S. The first kappa shape index (κ1) is 14.9. The van der Waals surface area contributed by atoms with E-state index in [9.17, 15) is 9.59 Å². The number of benzene rings is 1. The van der Waals surface area contributed by atoms with Crippen LogP contribution in [0.3, 0.4) is 0 Å². The molecule has 1 aromatic rings. The number of esters is 1. The first-order valence-corrected chi connectivity index (χ1v) is 8.01. The van der Waals surface area contributed by atoms with Crippen molar-refractivity contribution in [2.24, 2.45) is 0 Å². The first-order chi connectivity index (χ1) is 9.67. The van der Waals surface area contributed by atoms with E-state index in [1.807, 2.05) is 30.5 Å². The first-order valence-electron chi connectivity index (χ1n) is 6.79. The fraction of sp³-hybridized carbons (Fsp3) is 0.467. The molecule has 2 rings (SSSR count). The molecule has 1 aliphatic rings. The summed E-state index contributed by atoms with van der Waals surface area (Å²) in [5.74, 6) is -0.382. The summed E-state index contributed by atoms with van der Waals surface area (Å²) in [6, 6.07) is 7.05. The van der Waals surface area contributed by atoms with Crippen molar-refractivity contribution in [1.82, 2.24) is 4.90 Å². The third-order valence-corrected chi connectivity index (χ3v) is 4.15. The highest BCUT2D eigenvalue weighted by molar-refractivity contribution is 7.98. The normalized spacial score (nSPS) is 18.1. The van der Waals surface area contributed by atoms with Crippen molar-refractivity contribution in [3.05, 3.63) is 29.8 Å². The lowest BCUT2D eigenvalue weighted by Crippen LogP contribution is -2.41. The van der Waals surface area contributed by atoms with Crippen LogP contribution in [0.15, 0.2) is 29.2 Å².